The molecule has 0 aromatic heterocycles. The number of hydrogen-bond donors (Lipinski definition) is 1. The van der Waals surface area contributed by atoms with E-state index in [9.17, 15) is 14.5 Å². The van der Waals surface area contributed by atoms with Gasteiger partial charge in [-0.05, 0) is 20.8 Å². The second kappa shape index (κ2) is 7.95. The molecule has 0 aliphatic heterocycles. The van der Waals surface area contributed by atoms with Crippen LogP contribution in [0.3, 0.4) is 0 Å². The molecule has 0 fully saturated rings. The van der Waals surface area contributed by atoms with Crippen molar-refractivity contribution in [1.29, 1.82) is 0 Å². The molecular formula is C10H21O6P. The molecule has 102 valence electrons. The minimum atomic E-state index is -3.64. The molecule has 0 heterocycles. The highest BCUT2D eigenvalue weighted by atomic mass is 31.2. The zero-order valence-electron chi connectivity index (χ0n) is 10.7. The second-order valence-corrected chi connectivity index (χ2v) is 5.60. The number of Topliss-reactive ketones (excluding diaryl/α,β-unsaturated/α-hetero) is 1. The van der Waals surface area contributed by atoms with Crippen LogP contribution < -0.4 is 0 Å². The number of ketones is 1. The monoisotopic (exact) mass is 268 g/mol. The standard InChI is InChI=1S/C10H21O6P/c1-5-15-17(13,16-6-2)10(12)7-9(11)8(3)14-4/h8,10,12H,5-7H2,1-4H3/t8?,10-/m0/s1. The van der Waals surface area contributed by atoms with Crippen LogP contribution in [0.2, 0.25) is 0 Å². The Kier molecular flexibility index (Phi) is 7.83. The van der Waals surface area contributed by atoms with Crippen molar-refractivity contribution in [3.63, 3.8) is 0 Å². The van der Waals surface area contributed by atoms with Gasteiger partial charge in [-0.3, -0.25) is 9.36 Å². The summed E-state index contributed by atoms with van der Waals surface area (Å²) in [6.07, 6.45) is -0.965. The highest BCUT2D eigenvalue weighted by Gasteiger charge is 2.36. The van der Waals surface area contributed by atoms with Gasteiger partial charge in [0.05, 0.1) is 13.2 Å². The smallest absolute Gasteiger partial charge is 0.359 e. The van der Waals surface area contributed by atoms with Crippen molar-refractivity contribution < 1.29 is 28.3 Å². The molecule has 0 aliphatic rings. The molecule has 2 atom stereocenters. The van der Waals surface area contributed by atoms with E-state index in [1.165, 1.54) is 7.11 Å². The summed E-state index contributed by atoms with van der Waals surface area (Å²) >= 11 is 0. The van der Waals surface area contributed by atoms with Gasteiger partial charge in [-0.2, -0.15) is 0 Å². The second-order valence-electron chi connectivity index (χ2n) is 3.40. The fourth-order valence-corrected chi connectivity index (χ4v) is 2.70. The van der Waals surface area contributed by atoms with Gasteiger partial charge in [0.25, 0.3) is 0 Å². The summed E-state index contributed by atoms with van der Waals surface area (Å²) in [6, 6.07) is 0. The highest BCUT2D eigenvalue weighted by Crippen LogP contribution is 2.53. The quantitative estimate of drug-likeness (QED) is 0.639. The molecule has 0 aromatic carbocycles. The molecule has 0 saturated carbocycles. The van der Waals surface area contributed by atoms with Gasteiger partial charge in [-0.15, -0.1) is 0 Å². The number of methoxy groups -OCH3 is 1. The first kappa shape index (κ1) is 16.7. The van der Waals surface area contributed by atoms with E-state index in [1.54, 1.807) is 20.8 Å². The Bertz CT molecular complexity index is 270. The van der Waals surface area contributed by atoms with E-state index in [2.05, 4.69) is 0 Å². The maximum absolute atomic E-state index is 12.1. The molecule has 0 bridgehead atoms. The minimum absolute atomic E-state index is 0.141. The maximum Gasteiger partial charge on any atom is 0.359 e. The fourth-order valence-electron chi connectivity index (χ4n) is 1.16. The summed E-state index contributed by atoms with van der Waals surface area (Å²) in [4.78, 5) is 11.5. The van der Waals surface area contributed by atoms with Crippen molar-refractivity contribution in [2.75, 3.05) is 20.3 Å². The number of hydrogen-bond acceptors (Lipinski definition) is 6. The number of rotatable bonds is 9. The number of ether oxygens (including phenoxy) is 1. The summed E-state index contributed by atoms with van der Waals surface area (Å²) < 4.78 is 26.8. The van der Waals surface area contributed by atoms with Crippen LogP contribution in [0, 0.1) is 0 Å². The van der Waals surface area contributed by atoms with E-state index in [1.807, 2.05) is 0 Å². The zero-order valence-corrected chi connectivity index (χ0v) is 11.6. The normalized spacial score (nSPS) is 15.6. The Labute approximate surface area is 102 Å². The molecule has 0 aliphatic carbocycles. The lowest BCUT2D eigenvalue weighted by Gasteiger charge is -2.22. The summed E-state index contributed by atoms with van der Waals surface area (Å²) in [5.74, 6) is -1.80. The van der Waals surface area contributed by atoms with Crippen molar-refractivity contribution in [1.82, 2.24) is 0 Å². The molecule has 0 radical (unpaired) electrons. The van der Waals surface area contributed by atoms with E-state index in [-0.39, 0.29) is 25.4 Å². The predicted octanol–water partition coefficient (Wildman–Crippen LogP) is 1.56. The molecule has 0 saturated heterocycles. The van der Waals surface area contributed by atoms with Gasteiger partial charge in [0.1, 0.15) is 6.10 Å². The third-order valence-electron chi connectivity index (χ3n) is 2.17. The van der Waals surface area contributed by atoms with E-state index in [0.29, 0.717) is 0 Å². The van der Waals surface area contributed by atoms with Crippen LogP contribution in [-0.4, -0.2) is 43.2 Å². The van der Waals surface area contributed by atoms with E-state index in [4.69, 9.17) is 13.8 Å². The van der Waals surface area contributed by atoms with Crippen molar-refractivity contribution in [3.05, 3.63) is 0 Å². The molecule has 1 unspecified atom stereocenters. The lowest BCUT2D eigenvalue weighted by Crippen LogP contribution is -2.25. The van der Waals surface area contributed by atoms with E-state index < -0.39 is 19.5 Å². The van der Waals surface area contributed by atoms with Crippen molar-refractivity contribution in [3.8, 4) is 0 Å². The molecule has 6 nitrogen and oxygen atoms in total. The van der Waals surface area contributed by atoms with Crippen molar-refractivity contribution >= 4 is 13.4 Å². The summed E-state index contributed by atoms with van der Waals surface area (Å²) in [7, 11) is -2.25. The topological polar surface area (TPSA) is 82.1 Å². The van der Waals surface area contributed by atoms with E-state index in [0.717, 1.165) is 0 Å². The van der Waals surface area contributed by atoms with Gasteiger partial charge in [0.2, 0.25) is 0 Å². The Hall–Kier alpha value is -0.260. The van der Waals surface area contributed by atoms with Crippen LogP contribution in [0.15, 0.2) is 0 Å². The van der Waals surface area contributed by atoms with Crippen molar-refractivity contribution in [2.45, 2.75) is 39.1 Å². The highest BCUT2D eigenvalue weighted by molar-refractivity contribution is 7.54. The van der Waals surface area contributed by atoms with Gasteiger partial charge in [0.15, 0.2) is 11.6 Å². The summed E-state index contributed by atoms with van der Waals surface area (Å²) in [5.41, 5.74) is 0. The molecular weight excluding hydrogens is 247 g/mol. The van der Waals surface area contributed by atoms with Gasteiger partial charge in [-0.1, -0.05) is 0 Å². The van der Waals surface area contributed by atoms with Gasteiger partial charge in [-0.25, -0.2) is 0 Å². The number of carbonyl (C=O) groups is 1. The molecule has 0 amide bonds. The van der Waals surface area contributed by atoms with Gasteiger partial charge in [0, 0.05) is 13.5 Å². The molecule has 0 aromatic rings. The SMILES string of the molecule is CCOP(=O)(OCC)[C@H](O)CC(=O)C(C)OC. The molecule has 7 heteroatoms. The van der Waals surface area contributed by atoms with Gasteiger partial charge < -0.3 is 18.9 Å². The predicted molar refractivity (Wildman–Crippen MR) is 63.0 cm³/mol. The maximum atomic E-state index is 12.1. The Morgan fingerprint density at radius 3 is 2.12 bits per heavy atom. The first-order valence-corrected chi connectivity index (χ1v) is 7.14. The largest absolute Gasteiger partial charge is 0.380 e. The zero-order chi connectivity index (χ0) is 13.5. The van der Waals surface area contributed by atoms with Crippen LogP contribution >= 0.6 is 7.60 Å². The summed E-state index contributed by atoms with van der Waals surface area (Å²) in [6.45, 7) is 5.11. The number of aliphatic hydroxyl groups is 1. The van der Waals surface area contributed by atoms with Gasteiger partial charge >= 0.3 is 7.60 Å². The number of aliphatic hydroxyl groups excluding tert-OH is 1. The third-order valence-corrected chi connectivity index (χ3v) is 4.32. The van der Waals surface area contributed by atoms with Crippen LogP contribution in [0.5, 0.6) is 0 Å². The first-order chi connectivity index (χ1) is 7.91. The van der Waals surface area contributed by atoms with E-state index >= 15 is 0 Å². The number of carbonyl (C=O) groups excluding carboxylic acids is 1. The Morgan fingerprint density at radius 2 is 1.76 bits per heavy atom. The fraction of sp³-hybridized carbons (Fsp3) is 0.900. The molecule has 17 heavy (non-hydrogen) atoms. The molecule has 0 rings (SSSR count). The Morgan fingerprint density at radius 1 is 1.29 bits per heavy atom. The average molecular weight is 268 g/mol. The van der Waals surface area contributed by atoms with Crippen LogP contribution in [0.4, 0.5) is 0 Å². The lowest BCUT2D eigenvalue weighted by molar-refractivity contribution is -0.129. The molecule has 0 spiro atoms. The third kappa shape index (κ3) is 5.27. The summed E-state index contributed by atoms with van der Waals surface area (Å²) in [5, 5.41) is 9.76. The first-order valence-electron chi connectivity index (χ1n) is 5.53. The van der Waals surface area contributed by atoms with Crippen molar-refractivity contribution in [2.24, 2.45) is 0 Å². The van der Waals surface area contributed by atoms with Crippen LogP contribution in [0.25, 0.3) is 0 Å². The van der Waals surface area contributed by atoms with Crippen LogP contribution in [0.1, 0.15) is 27.2 Å². The molecule has 1 N–H and O–H groups in total. The Balaban J connectivity index is 4.58. The average Bonchev–Trinajstić information content (AvgIpc) is 2.28. The lowest BCUT2D eigenvalue weighted by atomic mass is 10.2. The minimum Gasteiger partial charge on any atom is -0.380 e. The van der Waals surface area contributed by atoms with Crippen LogP contribution in [-0.2, 0) is 23.1 Å².